The molecular weight excluding hydrogens is 601 g/mol. The van der Waals surface area contributed by atoms with Crippen molar-refractivity contribution in [3.05, 3.63) is 54.1 Å². The lowest BCUT2D eigenvalue weighted by Crippen LogP contribution is -2.46. The largest absolute Gasteiger partial charge is 0.490 e. The number of carboxylic acid groups (broad SMARTS) is 1. The van der Waals surface area contributed by atoms with E-state index in [2.05, 4.69) is 49.1 Å². The van der Waals surface area contributed by atoms with Crippen LogP contribution >= 0.6 is 11.5 Å². The number of nitrogens with zero attached hydrogens (tertiary/aromatic N) is 3. The van der Waals surface area contributed by atoms with Gasteiger partial charge in [0.1, 0.15) is 5.82 Å². The fraction of sp³-hybridized carbons (Fsp3) is 0.448. The summed E-state index contributed by atoms with van der Waals surface area (Å²) in [5.41, 5.74) is 6.88. The van der Waals surface area contributed by atoms with Crippen LogP contribution in [0.3, 0.4) is 0 Å². The lowest BCUT2D eigenvalue weighted by Gasteiger charge is -2.35. The van der Waals surface area contributed by atoms with Gasteiger partial charge in [0, 0.05) is 38.1 Å². The number of aromatic nitrogens is 1. The molecule has 1 aliphatic rings. The summed E-state index contributed by atoms with van der Waals surface area (Å²) in [6.45, 7) is 9.39. The Morgan fingerprint density at radius 1 is 1.02 bits per heavy atom. The van der Waals surface area contributed by atoms with Gasteiger partial charge >= 0.3 is 12.1 Å². The molecule has 1 saturated heterocycles. The van der Waals surface area contributed by atoms with Gasteiger partial charge in [-0.1, -0.05) is 38.1 Å². The number of anilines is 2. The number of unbranched alkanes of at least 4 members (excludes halogenated alkanes) is 1. The lowest BCUT2D eigenvalue weighted by molar-refractivity contribution is -0.192. The predicted molar refractivity (Wildman–Crippen MR) is 165 cm³/mol. The van der Waals surface area contributed by atoms with Gasteiger partial charge in [-0.25, -0.2) is 4.79 Å². The second-order valence-electron chi connectivity index (χ2n) is 10.4. The van der Waals surface area contributed by atoms with E-state index in [1.165, 1.54) is 10.1 Å². The molecule has 15 heteroatoms. The van der Waals surface area contributed by atoms with E-state index >= 15 is 0 Å². The number of amides is 2. The molecule has 2 aromatic carbocycles. The number of rotatable bonds is 10. The standard InChI is InChI=1S/C27H36N6O2S.C2HF3O2.H2O/c1-19(2)24(28)27(35)30-22-11-5-3-9-20(22)26(34)29-13-7-8-14-32-15-17-33(18-16-32)25-21-10-4-6-12-23(21)36-31-25;3-2(4,5)1(6)7;/h3-6,9-12,19,24H,7-8,13-18,28H2,1-2H3,(H,29,34)(H,30,35);(H,6,7);1H2/t24-;;/m1../s1. The minimum Gasteiger partial charge on any atom is -0.475 e. The third kappa shape index (κ3) is 10.4. The first kappa shape index (κ1) is 36.4. The van der Waals surface area contributed by atoms with Crippen molar-refractivity contribution in [2.75, 3.05) is 49.5 Å². The number of hydrogen-bond donors (Lipinski definition) is 4. The van der Waals surface area contributed by atoms with E-state index in [1.807, 2.05) is 13.8 Å². The van der Waals surface area contributed by atoms with Gasteiger partial charge in [-0.05, 0) is 61.1 Å². The zero-order chi connectivity index (χ0) is 31.6. The molecule has 4 rings (SSSR count). The van der Waals surface area contributed by atoms with Gasteiger partial charge in [0.15, 0.2) is 0 Å². The molecule has 3 aromatic rings. The molecule has 0 bridgehead atoms. The molecule has 11 nitrogen and oxygen atoms in total. The molecule has 1 aliphatic heterocycles. The van der Waals surface area contributed by atoms with Crippen molar-refractivity contribution in [1.82, 2.24) is 14.6 Å². The molecule has 0 saturated carbocycles. The quantitative estimate of drug-likeness (QED) is 0.244. The van der Waals surface area contributed by atoms with Crippen molar-refractivity contribution in [2.45, 2.75) is 38.9 Å². The summed E-state index contributed by atoms with van der Waals surface area (Å²) < 4.78 is 37.7. The third-order valence-electron chi connectivity index (χ3n) is 6.91. The zero-order valence-corrected chi connectivity index (χ0v) is 25.4. The number of aliphatic carboxylic acids is 1. The molecular formula is C29H39F3N6O5S. The van der Waals surface area contributed by atoms with Crippen LogP contribution in [0.4, 0.5) is 24.7 Å². The number of hydrogen-bond acceptors (Lipinski definition) is 8. The Kier molecular flexibility index (Phi) is 14.0. The molecule has 1 fully saturated rings. The Morgan fingerprint density at radius 2 is 1.64 bits per heavy atom. The number of carbonyl (C=O) groups is 3. The van der Waals surface area contributed by atoms with Gasteiger partial charge in [0.25, 0.3) is 5.91 Å². The van der Waals surface area contributed by atoms with Crippen LogP contribution in [-0.2, 0) is 9.59 Å². The Morgan fingerprint density at radius 3 is 2.27 bits per heavy atom. The number of nitrogens with two attached hydrogens (primary N) is 1. The first-order valence-electron chi connectivity index (χ1n) is 13.9. The van der Waals surface area contributed by atoms with E-state index in [0.29, 0.717) is 17.8 Å². The van der Waals surface area contributed by atoms with Crippen LogP contribution in [0.2, 0.25) is 0 Å². The molecule has 242 valence electrons. The number of fused-ring (bicyclic) bond motifs is 1. The highest BCUT2D eigenvalue weighted by molar-refractivity contribution is 7.13. The van der Waals surface area contributed by atoms with E-state index < -0.39 is 18.2 Å². The number of carbonyl (C=O) groups excluding carboxylic acids is 2. The fourth-order valence-corrected chi connectivity index (χ4v) is 5.15. The van der Waals surface area contributed by atoms with Crippen LogP contribution in [0.5, 0.6) is 0 Å². The SMILES string of the molecule is CC(C)[C@@H](N)C(=O)Nc1ccccc1C(=O)NCCCCN1CCN(c2nsc3ccccc23)CC1.O.O=C(O)C(F)(F)F. The maximum Gasteiger partial charge on any atom is 0.490 e. The van der Waals surface area contributed by atoms with Crippen LogP contribution in [0.15, 0.2) is 48.5 Å². The minimum absolute atomic E-state index is 0. The first-order chi connectivity index (χ1) is 20.4. The van der Waals surface area contributed by atoms with Crippen LogP contribution in [0.25, 0.3) is 10.1 Å². The van der Waals surface area contributed by atoms with Gasteiger partial charge in [0.05, 0.1) is 22.0 Å². The summed E-state index contributed by atoms with van der Waals surface area (Å²) in [5, 5.41) is 14.2. The molecule has 7 N–H and O–H groups in total. The number of para-hydroxylation sites is 1. The van der Waals surface area contributed by atoms with E-state index in [-0.39, 0.29) is 23.2 Å². The molecule has 1 aromatic heterocycles. The lowest BCUT2D eigenvalue weighted by atomic mass is 10.0. The van der Waals surface area contributed by atoms with Crippen molar-refractivity contribution in [3.8, 4) is 0 Å². The van der Waals surface area contributed by atoms with Gasteiger partial charge in [0.2, 0.25) is 5.91 Å². The van der Waals surface area contributed by atoms with Gasteiger partial charge in [-0.15, -0.1) is 0 Å². The van der Waals surface area contributed by atoms with Crippen molar-refractivity contribution in [3.63, 3.8) is 0 Å². The second kappa shape index (κ2) is 16.9. The highest BCUT2D eigenvalue weighted by atomic mass is 32.1. The zero-order valence-electron chi connectivity index (χ0n) is 24.6. The second-order valence-corrected chi connectivity index (χ2v) is 11.2. The average Bonchev–Trinajstić information content (AvgIpc) is 3.41. The molecule has 0 aliphatic carbocycles. The molecule has 2 amide bonds. The minimum atomic E-state index is -5.08. The monoisotopic (exact) mass is 640 g/mol. The Hall–Kier alpha value is -3.79. The van der Waals surface area contributed by atoms with E-state index in [1.54, 1.807) is 35.8 Å². The maximum atomic E-state index is 12.7. The summed E-state index contributed by atoms with van der Waals surface area (Å²) in [5.74, 6) is -2.10. The summed E-state index contributed by atoms with van der Waals surface area (Å²) in [7, 11) is 0. The average molecular weight is 641 g/mol. The molecule has 0 unspecified atom stereocenters. The number of alkyl halides is 3. The number of carboxylic acids is 1. The topological polar surface area (TPSA) is 172 Å². The van der Waals surface area contributed by atoms with Gasteiger partial charge in [-0.2, -0.15) is 17.5 Å². The van der Waals surface area contributed by atoms with Crippen molar-refractivity contribution < 1.29 is 38.1 Å². The molecule has 0 radical (unpaired) electrons. The fourth-order valence-electron chi connectivity index (χ4n) is 4.35. The Labute approximate surface area is 257 Å². The summed E-state index contributed by atoms with van der Waals surface area (Å²) in [6, 6.07) is 14.8. The first-order valence-corrected chi connectivity index (χ1v) is 14.7. The van der Waals surface area contributed by atoms with E-state index in [0.717, 1.165) is 51.4 Å². The van der Waals surface area contributed by atoms with Crippen molar-refractivity contribution in [2.24, 2.45) is 11.7 Å². The molecule has 2 heterocycles. The van der Waals surface area contributed by atoms with Crippen molar-refractivity contribution in [1.29, 1.82) is 0 Å². The molecule has 1 atom stereocenters. The van der Waals surface area contributed by atoms with E-state index in [9.17, 15) is 22.8 Å². The van der Waals surface area contributed by atoms with Crippen LogP contribution in [0.1, 0.15) is 37.0 Å². The summed E-state index contributed by atoms with van der Waals surface area (Å²) in [6.07, 6.45) is -3.17. The molecule has 0 spiro atoms. The van der Waals surface area contributed by atoms with E-state index in [4.69, 9.17) is 15.6 Å². The highest BCUT2D eigenvalue weighted by Gasteiger charge is 2.38. The Balaban J connectivity index is 0.000000756. The maximum absolute atomic E-state index is 12.7. The highest BCUT2D eigenvalue weighted by Crippen LogP contribution is 2.29. The Bertz CT molecular complexity index is 1380. The smallest absolute Gasteiger partial charge is 0.475 e. The van der Waals surface area contributed by atoms with Gasteiger partial charge < -0.3 is 31.8 Å². The number of benzene rings is 2. The van der Waals surface area contributed by atoms with Crippen molar-refractivity contribution >= 4 is 50.9 Å². The number of nitrogens with one attached hydrogen (secondary N) is 2. The summed E-state index contributed by atoms with van der Waals surface area (Å²) >= 11 is 1.57. The van der Waals surface area contributed by atoms with Crippen LogP contribution < -0.4 is 21.3 Å². The van der Waals surface area contributed by atoms with Crippen LogP contribution in [-0.4, -0.2) is 89.1 Å². The number of halogens is 3. The third-order valence-corrected chi connectivity index (χ3v) is 7.73. The number of piperazine rings is 1. The summed E-state index contributed by atoms with van der Waals surface area (Å²) in [4.78, 5) is 38.9. The predicted octanol–water partition coefficient (Wildman–Crippen LogP) is 3.36. The van der Waals surface area contributed by atoms with Gasteiger partial charge in [-0.3, -0.25) is 14.5 Å². The molecule has 44 heavy (non-hydrogen) atoms. The van der Waals surface area contributed by atoms with Crippen LogP contribution in [0, 0.1) is 5.92 Å². The normalized spacial score (nSPS) is 14.3.